The molecular weight excluding hydrogens is 122 g/mol. The fourth-order valence-electron chi connectivity index (χ4n) is 0.403. The molecule has 1 aromatic rings. The Bertz CT molecular complexity index is 175. The Balaban J connectivity index is 3.19. The van der Waals surface area contributed by atoms with Crippen molar-refractivity contribution in [1.82, 2.24) is 5.16 Å². The molecule has 0 saturated carbocycles. The van der Waals surface area contributed by atoms with Gasteiger partial charge in [-0.05, 0) is 13.8 Å². The van der Waals surface area contributed by atoms with Crippen LogP contribution in [0.5, 0.6) is 0 Å². The molecular formula is C5H7NOS. The molecule has 0 fully saturated rings. The minimum atomic E-state index is 0.613. The van der Waals surface area contributed by atoms with E-state index >= 15 is 0 Å². The van der Waals surface area contributed by atoms with Crippen molar-refractivity contribution in [2.75, 3.05) is 0 Å². The van der Waals surface area contributed by atoms with Gasteiger partial charge in [-0.25, -0.2) is 0 Å². The summed E-state index contributed by atoms with van der Waals surface area (Å²) >= 11 is 3.99. The summed E-state index contributed by atoms with van der Waals surface area (Å²) in [4.78, 5) is 0. The zero-order valence-electron chi connectivity index (χ0n) is 4.80. The van der Waals surface area contributed by atoms with Gasteiger partial charge in [0.05, 0.1) is 5.69 Å². The lowest BCUT2D eigenvalue weighted by atomic mass is 10.3. The third kappa shape index (κ3) is 0.733. The molecule has 0 spiro atoms. The lowest BCUT2D eigenvalue weighted by Crippen LogP contribution is -1.71. The maximum Gasteiger partial charge on any atom is 0.193 e. The maximum atomic E-state index is 4.71. The van der Waals surface area contributed by atoms with Crippen LogP contribution in [0.15, 0.2) is 9.62 Å². The van der Waals surface area contributed by atoms with Gasteiger partial charge in [0, 0.05) is 5.56 Å². The van der Waals surface area contributed by atoms with Gasteiger partial charge in [-0.3, -0.25) is 0 Å². The molecule has 0 radical (unpaired) electrons. The van der Waals surface area contributed by atoms with Crippen LogP contribution in [0.2, 0.25) is 0 Å². The van der Waals surface area contributed by atoms with Crippen LogP contribution in [0.4, 0.5) is 0 Å². The van der Waals surface area contributed by atoms with Crippen molar-refractivity contribution in [1.29, 1.82) is 0 Å². The summed E-state index contributed by atoms with van der Waals surface area (Å²) in [5.74, 6) is 0. The number of aryl methyl sites for hydroxylation is 1. The molecule has 0 unspecified atom stereocenters. The first-order valence-electron chi connectivity index (χ1n) is 2.33. The number of hydrogen-bond acceptors (Lipinski definition) is 3. The average molecular weight is 129 g/mol. The molecule has 1 aromatic heterocycles. The molecule has 0 aromatic carbocycles. The summed E-state index contributed by atoms with van der Waals surface area (Å²) in [7, 11) is 0. The Morgan fingerprint density at radius 2 is 2.12 bits per heavy atom. The van der Waals surface area contributed by atoms with Crippen molar-refractivity contribution >= 4 is 12.6 Å². The van der Waals surface area contributed by atoms with Crippen molar-refractivity contribution in [3.8, 4) is 0 Å². The van der Waals surface area contributed by atoms with Crippen LogP contribution >= 0.6 is 12.6 Å². The van der Waals surface area contributed by atoms with Crippen LogP contribution < -0.4 is 0 Å². The highest BCUT2D eigenvalue weighted by molar-refractivity contribution is 7.80. The number of hydrogen-bond donors (Lipinski definition) is 1. The number of nitrogens with zero attached hydrogens (tertiary/aromatic N) is 1. The molecule has 1 heterocycles. The maximum absolute atomic E-state index is 4.71. The molecule has 0 aliphatic heterocycles. The second kappa shape index (κ2) is 1.82. The highest BCUT2D eigenvalue weighted by Gasteiger charge is 2.00. The minimum Gasteiger partial charge on any atom is -0.350 e. The first-order valence-corrected chi connectivity index (χ1v) is 2.78. The summed E-state index contributed by atoms with van der Waals surface area (Å²) < 4.78 is 4.71. The third-order valence-electron chi connectivity index (χ3n) is 1.13. The van der Waals surface area contributed by atoms with E-state index in [0.717, 1.165) is 11.3 Å². The van der Waals surface area contributed by atoms with Crippen LogP contribution in [0, 0.1) is 13.8 Å². The van der Waals surface area contributed by atoms with Crippen LogP contribution in [-0.4, -0.2) is 5.16 Å². The highest BCUT2D eigenvalue weighted by atomic mass is 32.1. The van der Waals surface area contributed by atoms with Gasteiger partial charge < -0.3 is 4.52 Å². The van der Waals surface area contributed by atoms with Crippen molar-refractivity contribution in [3.05, 3.63) is 11.3 Å². The standard InChI is InChI=1S/C5H7NOS/c1-3-4(2)6-7-5(3)8/h8H,1-2H3. The van der Waals surface area contributed by atoms with E-state index in [1.54, 1.807) is 0 Å². The molecule has 0 saturated heterocycles. The van der Waals surface area contributed by atoms with E-state index in [2.05, 4.69) is 17.8 Å². The highest BCUT2D eigenvalue weighted by Crippen LogP contribution is 2.14. The van der Waals surface area contributed by atoms with E-state index in [1.807, 2.05) is 13.8 Å². The van der Waals surface area contributed by atoms with E-state index in [0.29, 0.717) is 5.09 Å². The first-order chi connectivity index (χ1) is 3.72. The fourth-order valence-corrected chi connectivity index (χ4v) is 0.606. The zero-order chi connectivity index (χ0) is 6.15. The molecule has 0 aliphatic carbocycles. The van der Waals surface area contributed by atoms with Crippen LogP contribution in [0.3, 0.4) is 0 Å². The Morgan fingerprint density at radius 3 is 2.25 bits per heavy atom. The van der Waals surface area contributed by atoms with Gasteiger partial charge in [-0.15, -0.1) is 12.6 Å². The van der Waals surface area contributed by atoms with E-state index in [-0.39, 0.29) is 0 Å². The van der Waals surface area contributed by atoms with E-state index in [4.69, 9.17) is 4.52 Å². The molecule has 3 heteroatoms. The smallest absolute Gasteiger partial charge is 0.193 e. The summed E-state index contributed by atoms with van der Waals surface area (Å²) in [5, 5.41) is 4.28. The zero-order valence-corrected chi connectivity index (χ0v) is 5.70. The van der Waals surface area contributed by atoms with E-state index in [9.17, 15) is 0 Å². The molecule has 2 nitrogen and oxygen atoms in total. The second-order valence-corrected chi connectivity index (χ2v) is 2.10. The molecule has 0 aliphatic rings. The number of thiol groups is 1. The Morgan fingerprint density at radius 1 is 1.50 bits per heavy atom. The van der Waals surface area contributed by atoms with Gasteiger partial charge in [0.1, 0.15) is 0 Å². The van der Waals surface area contributed by atoms with Crippen molar-refractivity contribution in [2.24, 2.45) is 0 Å². The Hall–Kier alpha value is -0.440. The molecule has 1 rings (SSSR count). The second-order valence-electron chi connectivity index (χ2n) is 1.70. The van der Waals surface area contributed by atoms with E-state index < -0.39 is 0 Å². The van der Waals surface area contributed by atoms with Crippen molar-refractivity contribution in [3.63, 3.8) is 0 Å². The van der Waals surface area contributed by atoms with Crippen LogP contribution in [0.25, 0.3) is 0 Å². The average Bonchev–Trinajstić information content (AvgIpc) is 1.98. The minimum absolute atomic E-state index is 0.613. The first kappa shape index (κ1) is 5.69. The van der Waals surface area contributed by atoms with Crippen molar-refractivity contribution in [2.45, 2.75) is 18.9 Å². The lowest BCUT2D eigenvalue weighted by molar-refractivity contribution is 0.346. The normalized spacial score (nSPS) is 9.88. The van der Waals surface area contributed by atoms with Gasteiger partial charge >= 0.3 is 0 Å². The third-order valence-corrected chi connectivity index (χ3v) is 1.55. The van der Waals surface area contributed by atoms with Gasteiger partial charge in [-0.1, -0.05) is 5.16 Å². The largest absolute Gasteiger partial charge is 0.350 e. The Labute approximate surface area is 53.3 Å². The van der Waals surface area contributed by atoms with E-state index in [1.165, 1.54) is 0 Å². The fraction of sp³-hybridized carbons (Fsp3) is 0.400. The molecule has 44 valence electrons. The summed E-state index contributed by atoms with van der Waals surface area (Å²) in [6.07, 6.45) is 0. The SMILES string of the molecule is Cc1noc(S)c1C. The topological polar surface area (TPSA) is 26.0 Å². The van der Waals surface area contributed by atoms with Crippen molar-refractivity contribution < 1.29 is 4.52 Å². The predicted octanol–water partition coefficient (Wildman–Crippen LogP) is 1.58. The number of aromatic nitrogens is 1. The Kier molecular flexibility index (Phi) is 1.29. The van der Waals surface area contributed by atoms with Crippen LogP contribution in [0.1, 0.15) is 11.3 Å². The van der Waals surface area contributed by atoms with Gasteiger partial charge in [0.25, 0.3) is 0 Å². The van der Waals surface area contributed by atoms with Gasteiger partial charge in [0.2, 0.25) is 0 Å². The molecule has 8 heavy (non-hydrogen) atoms. The summed E-state index contributed by atoms with van der Waals surface area (Å²) in [5.41, 5.74) is 1.93. The summed E-state index contributed by atoms with van der Waals surface area (Å²) in [6.45, 7) is 3.81. The quantitative estimate of drug-likeness (QED) is 0.538. The monoisotopic (exact) mass is 129 g/mol. The molecule has 0 atom stereocenters. The predicted molar refractivity (Wildman–Crippen MR) is 33.2 cm³/mol. The van der Waals surface area contributed by atoms with Crippen LogP contribution in [-0.2, 0) is 0 Å². The molecule has 0 bridgehead atoms. The van der Waals surface area contributed by atoms with Gasteiger partial charge in [-0.2, -0.15) is 0 Å². The molecule has 0 N–H and O–H groups in total. The number of rotatable bonds is 0. The molecule has 0 amide bonds. The van der Waals surface area contributed by atoms with Gasteiger partial charge in [0.15, 0.2) is 5.09 Å². The lowest BCUT2D eigenvalue weighted by Gasteiger charge is -1.79. The summed E-state index contributed by atoms with van der Waals surface area (Å²) in [6, 6.07) is 0.